The van der Waals surface area contributed by atoms with E-state index in [-0.39, 0.29) is 34.6 Å². The Bertz CT molecular complexity index is 3830. The number of carbonyl (C=O) groups is 3. The minimum atomic E-state index is -0.796. The molecule has 0 amide bonds. The van der Waals surface area contributed by atoms with Crippen molar-refractivity contribution in [2.75, 3.05) is 21.3 Å². The van der Waals surface area contributed by atoms with Gasteiger partial charge in [-0.05, 0) is 377 Å². The fraction of sp³-hybridized carbons (Fsp3) is 0.283. The molecule has 0 aliphatic carbocycles. The number of aromatic hydroxyl groups is 1. The van der Waals surface area contributed by atoms with E-state index >= 15 is 0 Å². The predicted molar refractivity (Wildman–Crippen MR) is 521 cm³/mol. The first-order valence-corrected chi connectivity index (χ1v) is 36.1. The Labute approximate surface area is 719 Å². The summed E-state index contributed by atoms with van der Waals surface area (Å²) >= 11 is 9.89. The van der Waals surface area contributed by atoms with Gasteiger partial charge < -0.3 is 68.9 Å². The maximum atomic E-state index is 12.3. The van der Waals surface area contributed by atoms with Crippen molar-refractivity contribution in [3.63, 3.8) is 0 Å². The van der Waals surface area contributed by atoms with Crippen LogP contribution < -0.4 is 34.8 Å². The number of aldehydes is 3. The predicted octanol–water partition coefficient (Wildman–Crippen LogP) is -8.81. The third-order valence-electron chi connectivity index (χ3n) is 16.8. The van der Waals surface area contributed by atoms with E-state index in [0.717, 1.165) is 49.3 Å². The van der Waals surface area contributed by atoms with Gasteiger partial charge in [0.1, 0.15) is 34.5 Å². The number of phenolic OH excluding ortho intramolecular Hbond substituents is 1. The highest BCUT2D eigenvalue weighted by Gasteiger charge is 2.39. The van der Waals surface area contributed by atoms with E-state index < -0.39 is 121 Å². The number of methoxy groups -OCH3 is 3. The Morgan fingerprint density at radius 2 is 0.809 bits per heavy atom. The van der Waals surface area contributed by atoms with Crippen LogP contribution in [0, 0.1) is 0 Å². The third-order valence-corrected chi connectivity index (χ3v) is 18.7. The summed E-state index contributed by atoms with van der Waals surface area (Å²) < 4.78 is 32.2. The van der Waals surface area contributed by atoms with Crippen LogP contribution in [0.25, 0.3) is 11.1 Å². The summed E-state index contributed by atoms with van der Waals surface area (Å²) in [5, 5.41) is 9.19. The topological polar surface area (TPSA) is 186 Å². The summed E-state index contributed by atoms with van der Waals surface area (Å²) in [6.07, 6.45) is -3.54. The third kappa shape index (κ3) is 31.9. The van der Waals surface area contributed by atoms with Crippen LogP contribution in [-0.4, -0.2) is 408 Å². The highest BCUT2D eigenvalue weighted by Crippen LogP contribution is 2.39. The lowest BCUT2D eigenvalue weighted by molar-refractivity contribution is 0.110. The highest BCUT2D eigenvalue weighted by atomic mass is 79.9. The lowest BCUT2D eigenvalue weighted by Gasteiger charge is -2.46. The number of aliphatic imine (C=N–C) groups is 2. The van der Waals surface area contributed by atoms with Crippen molar-refractivity contribution >= 4 is 408 Å². The van der Waals surface area contributed by atoms with Crippen LogP contribution in [0.1, 0.15) is 81.0 Å². The average Bonchev–Trinajstić information content (AvgIpc) is 1.40. The molecule has 7 rings (SSSR count). The van der Waals surface area contributed by atoms with Crippen molar-refractivity contribution in [1.29, 1.82) is 0 Å². The van der Waals surface area contributed by atoms with Gasteiger partial charge in [0.2, 0.25) is 0 Å². The number of carbonyl (C=O) groups excluding carboxylic acids is 3. The Balaban J connectivity index is 0.000000653. The second-order valence-electron chi connectivity index (χ2n) is 25.8. The molecule has 0 spiro atoms. The molecule has 0 fully saturated rings. The number of ether oxygens (including phenoxy) is 5. The molecule has 64 heteroatoms. The molecule has 480 valence electrons. The highest BCUT2D eigenvalue weighted by molar-refractivity contribution is 9.11. The SMILES string of the molecule is COc1cc(C=O)c(O)cc1Br.COc1cc(C=O)c(OC(C)C)cc1-c1cn(C)c(=O)c2c1C=NC2.COc1cc(C=O)c(OC(C)C)cc1Br.Cn1cc(Br)c2c(c1=O)CN=C2.[B]B([B])B(B([B])[B])B(B([B])[B])B([B][B-])B([B])[B-].[B]B([B])B(B([B])[B])B([B])B([B])[B-].[B]B([B])B([B][B-])B(B([B])[B])B(B([B])[B])B([B])[B]. The first kappa shape index (κ1) is 105. The molecule has 4 heterocycles. The number of nitrogens with zero attached hydrogens (tertiary/aromatic N) is 4. The molecule has 2 aliphatic rings. The number of pyridine rings is 2. The zero-order valence-corrected chi connectivity index (χ0v) is 67.8. The standard InChI is InChI=1S/C19H20N2O4.C11H13BrO3.C8H7BrN2O.C8H7BrO3.2B17.B12/c1-11(2)25-17-6-13(18(24-4)5-12(17)10-22)16-9-21(3)19(23)15-8-20-7-14(15)16;1-7(2)15-10-5-9(12)11(14-3)4-8(10)6-13;1-11-4-7(9)5-2-10-3-6(5)8(11)12;1-12-8-2-5(4-10)7(11)3-6(8)9;2*1-10-15(11(2)3)17(14(8)9)16(12(4)5)13(6)7;1-8(2)11(7)12(9(3)4)10(5)6/h5-7,9-11H,8H2,1-4H3;4-7H,1-3H3;2,4H,3H2,1H3;2-4,11H,1H3;;;/q;;;;-2;2*-1. The molecule has 2 aliphatic heterocycles. The number of hydrogen-bond acceptors (Lipinski definition) is 13. The fourth-order valence-electron chi connectivity index (χ4n) is 11.3. The Kier molecular flexibility index (Phi) is 49.8. The zero-order valence-electron chi connectivity index (χ0n) is 63.1. The normalized spacial score (nSPS) is 10.5. The van der Waals surface area contributed by atoms with Crippen LogP contribution in [0.5, 0.6) is 34.5 Å². The van der Waals surface area contributed by atoms with Crippen LogP contribution >= 0.6 is 47.8 Å². The van der Waals surface area contributed by atoms with Gasteiger partial charge in [0.15, 0.2) is 18.9 Å². The maximum Gasteiger partial charge on any atom is 0.256 e. The van der Waals surface area contributed by atoms with Crippen LogP contribution in [0.3, 0.4) is 0 Å². The summed E-state index contributed by atoms with van der Waals surface area (Å²) in [6, 6.07) is 9.71. The molecule has 0 unspecified atom stereocenters. The molecule has 2 aromatic heterocycles. The van der Waals surface area contributed by atoms with Gasteiger partial charge in [0.25, 0.3) is 11.1 Å². The summed E-state index contributed by atoms with van der Waals surface area (Å²) in [6.45, 7) is 8.50. The molecule has 0 atom stereocenters. The van der Waals surface area contributed by atoms with E-state index in [9.17, 15) is 29.1 Å². The largest absolute Gasteiger partial charge is 0.690 e. The van der Waals surface area contributed by atoms with E-state index in [0.29, 0.717) is 69.3 Å². The van der Waals surface area contributed by atoms with Gasteiger partial charge in [-0.2, -0.15) is 0 Å². The summed E-state index contributed by atoms with van der Waals surface area (Å²) in [7, 11) is 150. The monoisotopic (exact) mass is 1570 g/mol. The molecule has 15 nitrogen and oxygen atoms in total. The molecule has 0 saturated carbocycles. The van der Waals surface area contributed by atoms with E-state index in [4.69, 9.17) is 217 Å². The van der Waals surface area contributed by atoms with Gasteiger partial charge in [0, 0.05) is 76.8 Å². The van der Waals surface area contributed by atoms with Crippen molar-refractivity contribution in [2.24, 2.45) is 24.1 Å². The number of hydrogen-bond donors (Lipinski definition) is 1. The molecular weight excluding hydrogens is 1520 g/mol. The van der Waals surface area contributed by atoms with E-state index in [1.165, 1.54) is 33.4 Å². The van der Waals surface area contributed by atoms with Crippen LogP contribution in [0.4, 0.5) is 0 Å². The molecule has 1 N–H and O–H groups in total. The Morgan fingerprint density at radius 3 is 1.15 bits per heavy atom. The lowest BCUT2D eigenvalue weighted by Crippen LogP contribution is -2.76. The van der Waals surface area contributed by atoms with Gasteiger partial charge in [-0.1, -0.05) is 6.39 Å². The first-order chi connectivity index (χ1) is 51.3. The number of halogens is 3. The number of aromatic nitrogens is 2. The van der Waals surface area contributed by atoms with Gasteiger partial charge in [0.05, 0.1) is 72.3 Å². The van der Waals surface area contributed by atoms with Gasteiger partial charge in [-0.15, -0.1) is 0 Å². The van der Waals surface area contributed by atoms with Crippen molar-refractivity contribution < 1.29 is 43.2 Å². The van der Waals surface area contributed by atoms with Crippen LogP contribution in [-0.2, 0) is 27.2 Å². The number of rotatable bonds is 29. The smallest absolute Gasteiger partial charge is 0.256 e. The Hall–Kier alpha value is -2.86. The summed E-state index contributed by atoms with van der Waals surface area (Å²) in [5.41, 5.74) is 5.85. The minimum absolute atomic E-state index is 0.0315. The molecule has 0 bridgehead atoms. The second kappa shape index (κ2) is 52.0. The van der Waals surface area contributed by atoms with Gasteiger partial charge in [-0.25, -0.2) is 12.8 Å². The molecule has 56 radical (unpaired) electrons. The van der Waals surface area contributed by atoms with Crippen LogP contribution in [0.15, 0.2) is 81.8 Å². The van der Waals surface area contributed by atoms with Crippen molar-refractivity contribution in [3.05, 3.63) is 122 Å². The van der Waals surface area contributed by atoms with Crippen molar-refractivity contribution in [2.45, 2.75) is 53.0 Å². The number of aryl methyl sites for hydroxylation is 2. The van der Waals surface area contributed by atoms with Gasteiger partial charge in [-0.3, -0.25) is 48.1 Å². The quantitative estimate of drug-likeness (QED) is 0.0355. The van der Waals surface area contributed by atoms with Crippen molar-refractivity contribution in [1.82, 2.24) is 9.13 Å². The number of fused-ring (bicyclic) bond motifs is 2. The second-order valence-corrected chi connectivity index (χ2v) is 28.3. The first-order valence-electron chi connectivity index (χ1n) is 33.7. The summed E-state index contributed by atoms with van der Waals surface area (Å²) in [5.74, 6) is 2.67. The van der Waals surface area contributed by atoms with E-state index in [1.807, 2.05) is 27.7 Å². The zero-order chi connectivity index (χ0) is 84.8. The summed E-state index contributed by atoms with van der Waals surface area (Å²) in [4.78, 5) is 64.7. The molecule has 5 aromatic rings. The molecule has 0 saturated heterocycles. The lowest BCUT2D eigenvalue weighted by atomic mass is 8.43. The molecule has 3 aromatic carbocycles. The van der Waals surface area contributed by atoms with E-state index in [2.05, 4.69) is 57.8 Å². The van der Waals surface area contributed by atoms with Crippen molar-refractivity contribution in [3.8, 4) is 45.6 Å². The number of benzene rings is 3. The van der Waals surface area contributed by atoms with Gasteiger partial charge >= 0.3 is 0 Å². The molecule has 110 heavy (non-hydrogen) atoms. The van der Waals surface area contributed by atoms with Crippen LogP contribution in [0.2, 0.25) is 0 Å². The van der Waals surface area contributed by atoms with E-state index in [1.54, 1.807) is 86.5 Å². The number of phenols is 1. The maximum absolute atomic E-state index is 12.3. The fourth-order valence-corrected chi connectivity index (χ4v) is 13.0. The average molecular weight is 1570 g/mol. The Morgan fingerprint density at radius 1 is 0.455 bits per heavy atom. The molecular formula is C46H47B46Br3N4O11-4. The minimum Gasteiger partial charge on any atom is -0.690 e.